The van der Waals surface area contributed by atoms with E-state index >= 15 is 0 Å². The van der Waals surface area contributed by atoms with Crippen molar-refractivity contribution < 1.29 is 26.7 Å². The van der Waals surface area contributed by atoms with Gasteiger partial charge in [-0.25, -0.2) is 8.78 Å². The number of thioether (sulfide) groups is 1. The third-order valence-electron chi connectivity index (χ3n) is 3.03. The second-order valence-corrected chi connectivity index (χ2v) is 5.61. The molecule has 25 heavy (non-hydrogen) atoms. The molecule has 0 saturated carbocycles. The van der Waals surface area contributed by atoms with Crippen molar-refractivity contribution in [2.24, 2.45) is 7.05 Å². The van der Waals surface area contributed by atoms with Crippen molar-refractivity contribution in [3.8, 4) is 6.07 Å². The third-order valence-corrected chi connectivity index (χ3v) is 4.03. The monoisotopic (exact) mass is 376 g/mol. The van der Waals surface area contributed by atoms with E-state index in [9.17, 15) is 26.7 Å². The Morgan fingerprint density at radius 3 is 2.60 bits per heavy atom. The molecule has 132 valence electrons. The first kappa shape index (κ1) is 18.7. The number of aromatic nitrogens is 2. The van der Waals surface area contributed by atoms with Crippen LogP contribution in [0.4, 0.5) is 33.3 Å². The highest BCUT2D eigenvalue weighted by Gasteiger charge is 2.41. The van der Waals surface area contributed by atoms with E-state index in [4.69, 9.17) is 5.26 Å². The number of hydrogen-bond donors (Lipinski definition) is 0. The molecule has 2 aromatic rings. The number of carbonyl (C=O) groups excluding carboxylic acids is 1. The zero-order valence-corrected chi connectivity index (χ0v) is 13.3. The molecule has 11 heteroatoms. The molecule has 0 saturated heterocycles. The topological polar surface area (TPSA) is 61.9 Å². The molecule has 0 radical (unpaired) electrons. The number of aryl methyl sites for hydroxylation is 1. The standard InChI is InChI=1S/C14H9F5N4OS/c1-22-13(25-5-4-20)11(12(21-22)14(17,18)19)23(7-24)10-3-2-8(15)6-9(10)16/h2-3,6-7H,5H2,1H3. The lowest BCUT2D eigenvalue weighted by Crippen LogP contribution is -2.20. The number of nitrogens with zero attached hydrogens (tertiary/aromatic N) is 4. The molecule has 5 nitrogen and oxygen atoms in total. The van der Waals surface area contributed by atoms with E-state index < -0.39 is 34.9 Å². The van der Waals surface area contributed by atoms with Crippen LogP contribution in [0.1, 0.15) is 5.69 Å². The smallest absolute Gasteiger partial charge is 0.278 e. The Kier molecular flexibility index (Phi) is 5.32. The summed E-state index contributed by atoms with van der Waals surface area (Å²) < 4.78 is 67.8. The van der Waals surface area contributed by atoms with Crippen LogP contribution in [-0.2, 0) is 18.0 Å². The quantitative estimate of drug-likeness (QED) is 0.454. The van der Waals surface area contributed by atoms with Crippen LogP contribution >= 0.6 is 11.8 Å². The minimum absolute atomic E-state index is 0.0288. The summed E-state index contributed by atoms with van der Waals surface area (Å²) in [5, 5.41) is 11.8. The first-order valence-electron chi connectivity index (χ1n) is 6.54. The second-order valence-electron chi connectivity index (χ2n) is 4.64. The summed E-state index contributed by atoms with van der Waals surface area (Å²) in [6.07, 6.45) is -4.96. The Morgan fingerprint density at radius 1 is 1.40 bits per heavy atom. The fourth-order valence-corrected chi connectivity index (χ4v) is 2.84. The van der Waals surface area contributed by atoms with Crippen LogP contribution < -0.4 is 4.90 Å². The van der Waals surface area contributed by atoms with Crippen LogP contribution in [-0.4, -0.2) is 21.9 Å². The lowest BCUT2D eigenvalue weighted by molar-refractivity contribution is -0.140. The van der Waals surface area contributed by atoms with Gasteiger partial charge >= 0.3 is 6.18 Å². The number of alkyl halides is 3. The summed E-state index contributed by atoms with van der Waals surface area (Å²) in [5.41, 5.74) is -2.73. The number of anilines is 2. The van der Waals surface area contributed by atoms with Gasteiger partial charge in [-0.05, 0) is 12.1 Å². The van der Waals surface area contributed by atoms with Crippen molar-refractivity contribution >= 4 is 29.5 Å². The molecular formula is C14H9F5N4OS. The number of amides is 1. The summed E-state index contributed by atoms with van der Waals surface area (Å²) in [6, 6.07) is 3.83. The van der Waals surface area contributed by atoms with Crippen LogP contribution in [0.2, 0.25) is 0 Å². The van der Waals surface area contributed by atoms with Gasteiger partial charge in [0.15, 0.2) is 5.69 Å². The van der Waals surface area contributed by atoms with Gasteiger partial charge in [-0.15, -0.1) is 0 Å². The molecule has 0 atom stereocenters. The first-order chi connectivity index (χ1) is 11.7. The van der Waals surface area contributed by atoms with Crippen LogP contribution in [0.5, 0.6) is 0 Å². The summed E-state index contributed by atoms with van der Waals surface area (Å²) >= 11 is 0.700. The number of rotatable bonds is 5. The maximum Gasteiger partial charge on any atom is 0.437 e. The molecule has 0 aliphatic rings. The lowest BCUT2D eigenvalue weighted by atomic mass is 10.2. The molecule has 1 aromatic heterocycles. The highest BCUT2D eigenvalue weighted by Crippen LogP contribution is 2.43. The number of hydrogen-bond acceptors (Lipinski definition) is 4. The normalized spacial score (nSPS) is 11.2. The maximum absolute atomic E-state index is 14.0. The molecule has 0 spiro atoms. The maximum atomic E-state index is 14.0. The average Bonchev–Trinajstić information content (AvgIpc) is 2.85. The number of benzene rings is 1. The van der Waals surface area contributed by atoms with Gasteiger partial charge in [-0.1, -0.05) is 11.8 Å². The third kappa shape index (κ3) is 3.74. The van der Waals surface area contributed by atoms with Gasteiger partial charge < -0.3 is 0 Å². The molecule has 0 N–H and O–H groups in total. The Morgan fingerprint density at radius 2 is 2.08 bits per heavy atom. The van der Waals surface area contributed by atoms with Gasteiger partial charge in [0, 0.05) is 13.1 Å². The largest absolute Gasteiger partial charge is 0.437 e. The van der Waals surface area contributed by atoms with E-state index in [0.29, 0.717) is 22.7 Å². The number of nitriles is 1. The van der Waals surface area contributed by atoms with Crippen LogP contribution in [0.25, 0.3) is 0 Å². The minimum Gasteiger partial charge on any atom is -0.278 e. The van der Waals surface area contributed by atoms with Crippen LogP contribution in [0.15, 0.2) is 23.2 Å². The summed E-state index contributed by atoms with van der Waals surface area (Å²) in [4.78, 5) is 11.8. The number of halogens is 5. The average molecular weight is 376 g/mol. The van der Waals surface area contributed by atoms with E-state index in [1.165, 1.54) is 7.05 Å². The minimum atomic E-state index is -4.93. The Hall–Kier alpha value is -2.61. The molecule has 0 bridgehead atoms. The molecule has 1 heterocycles. The van der Waals surface area contributed by atoms with Crippen molar-refractivity contribution in [1.82, 2.24) is 9.78 Å². The Balaban J connectivity index is 2.72. The van der Waals surface area contributed by atoms with Crippen molar-refractivity contribution in [3.05, 3.63) is 35.5 Å². The highest BCUT2D eigenvalue weighted by molar-refractivity contribution is 7.99. The molecule has 0 aliphatic heterocycles. The number of carbonyl (C=O) groups is 1. The van der Waals surface area contributed by atoms with E-state index in [2.05, 4.69) is 5.10 Å². The molecule has 0 unspecified atom stereocenters. The van der Waals surface area contributed by atoms with Gasteiger partial charge in [-0.2, -0.15) is 23.5 Å². The lowest BCUT2D eigenvalue weighted by Gasteiger charge is -2.20. The summed E-state index contributed by atoms with van der Waals surface area (Å²) in [7, 11) is 1.20. The van der Waals surface area contributed by atoms with Crippen LogP contribution in [0, 0.1) is 23.0 Å². The Bertz CT molecular complexity index is 843. The SMILES string of the molecule is Cn1nc(C(F)(F)F)c(N(C=O)c2ccc(F)cc2F)c1SCC#N. The molecular weight excluding hydrogens is 367 g/mol. The molecule has 0 fully saturated rings. The summed E-state index contributed by atoms with van der Waals surface area (Å²) in [6.45, 7) is 0. The summed E-state index contributed by atoms with van der Waals surface area (Å²) in [5.74, 6) is -2.39. The van der Waals surface area contributed by atoms with E-state index in [-0.39, 0.29) is 17.2 Å². The van der Waals surface area contributed by atoms with Gasteiger partial charge in [0.2, 0.25) is 6.41 Å². The Labute approximate surface area is 142 Å². The second kappa shape index (κ2) is 7.10. The highest BCUT2D eigenvalue weighted by atomic mass is 32.2. The van der Waals surface area contributed by atoms with Crippen molar-refractivity contribution in [1.29, 1.82) is 5.26 Å². The van der Waals surface area contributed by atoms with Crippen LogP contribution in [0.3, 0.4) is 0 Å². The zero-order valence-electron chi connectivity index (χ0n) is 12.5. The van der Waals surface area contributed by atoms with Crippen molar-refractivity contribution in [2.45, 2.75) is 11.2 Å². The van der Waals surface area contributed by atoms with E-state index in [1.807, 2.05) is 0 Å². The molecule has 1 aromatic carbocycles. The fraction of sp³-hybridized carbons (Fsp3) is 0.214. The first-order valence-corrected chi connectivity index (χ1v) is 7.52. The fourth-order valence-electron chi connectivity index (χ4n) is 2.07. The van der Waals surface area contributed by atoms with Crippen molar-refractivity contribution in [3.63, 3.8) is 0 Å². The van der Waals surface area contributed by atoms with Gasteiger partial charge in [0.05, 0.1) is 17.5 Å². The molecule has 1 amide bonds. The van der Waals surface area contributed by atoms with Gasteiger partial charge in [-0.3, -0.25) is 14.4 Å². The van der Waals surface area contributed by atoms with Gasteiger partial charge in [0.25, 0.3) is 0 Å². The van der Waals surface area contributed by atoms with Gasteiger partial charge in [0.1, 0.15) is 22.3 Å². The van der Waals surface area contributed by atoms with Crippen molar-refractivity contribution in [2.75, 3.05) is 10.7 Å². The predicted octanol–water partition coefficient (Wildman–Crippen LogP) is 3.63. The zero-order chi connectivity index (χ0) is 18.8. The molecule has 0 aliphatic carbocycles. The van der Waals surface area contributed by atoms with E-state index in [1.54, 1.807) is 6.07 Å². The predicted molar refractivity (Wildman–Crippen MR) is 79.1 cm³/mol. The molecule has 2 rings (SSSR count). The van der Waals surface area contributed by atoms with E-state index in [0.717, 1.165) is 16.8 Å².